The number of alkyl halides is 3. The van der Waals surface area contributed by atoms with Crippen LogP contribution in [0.25, 0.3) is 0 Å². The highest BCUT2D eigenvalue weighted by molar-refractivity contribution is 6.01. The van der Waals surface area contributed by atoms with Gasteiger partial charge in [0.15, 0.2) is 0 Å². The number of urea groups is 1. The third-order valence-corrected chi connectivity index (χ3v) is 9.83. The molecule has 246 valence electrons. The van der Waals surface area contributed by atoms with Gasteiger partial charge in [-0.1, -0.05) is 32.0 Å². The Morgan fingerprint density at radius 2 is 1.67 bits per heavy atom. The number of carbonyl (C=O) groups excluding carboxylic acids is 2. The van der Waals surface area contributed by atoms with E-state index in [-0.39, 0.29) is 17.9 Å². The van der Waals surface area contributed by atoms with Gasteiger partial charge in [-0.05, 0) is 75.4 Å². The summed E-state index contributed by atoms with van der Waals surface area (Å²) in [7, 11) is 0. The highest BCUT2D eigenvalue weighted by atomic mass is 19.4. The van der Waals surface area contributed by atoms with Crippen molar-refractivity contribution in [3.8, 4) is 0 Å². The summed E-state index contributed by atoms with van der Waals surface area (Å²) in [4.78, 5) is 37.2. The number of benzene rings is 2. The Labute approximate surface area is 268 Å². The summed E-state index contributed by atoms with van der Waals surface area (Å²) < 4.78 is 41.5. The van der Waals surface area contributed by atoms with Crippen LogP contribution in [0.2, 0.25) is 0 Å². The molecule has 8 nitrogen and oxygen atoms in total. The Kier molecular flexibility index (Phi) is 9.14. The van der Waals surface area contributed by atoms with E-state index in [2.05, 4.69) is 21.7 Å². The van der Waals surface area contributed by atoms with Crippen molar-refractivity contribution >= 4 is 23.3 Å². The molecule has 0 aliphatic carbocycles. The van der Waals surface area contributed by atoms with Crippen LogP contribution in [0.4, 0.5) is 29.3 Å². The molecule has 1 aromatic heterocycles. The zero-order chi connectivity index (χ0) is 32.6. The molecule has 6 rings (SSSR count). The number of piperidine rings is 1. The predicted octanol–water partition coefficient (Wildman–Crippen LogP) is 7.05. The molecule has 3 aromatic rings. The number of aromatic nitrogens is 2. The number of nitrogens with zero attached hydrogens (tertiary/aromatic N) is 5. The van der Waals surface area contributed by atoms with E-state index in [4.69, 9.17) is 4.98 Å². The summed E-state index contributed by atoms with van der Waals surface area (Å²) in [5, 5.41) is 2.78. The number of anilines is 2. The first-order valence-corrected chi connectivity index (χ1v) is 16.4. The average Bonchev–Trinajstić information content (AvgIpc) is 3.48. The van der Waals surface area contributed by atoms with Crippen LogP contribution in [-0.2, 0) is 23.9 Å². The van der Waals surface area contributed by atoms with Gasteiger partial charge in [-0.25, -0.2) is 9.78 Å². The van der Waals surface area contributed by atoms with E-state index in [1.54, 1.807) is 4.90 Å². The predicted molar refractivity (Wildman–Crippen MR) is 172 cm³/mol. The molecular weight excluding hydrogens is 593 g/mol. The molecular formula is C35H43F3N6O2. The first-order valence-electron chi connectivity index (χ1n) is 16.4. The van der Waals surface area contributed by atoms with Gasteiger partial charge in [0.2, 0.25) is 5.91 Å². The highest BCUT2D eigenvalue weighted by Gasteiger charge is 2.42. The number of aryl methyl sites for hydroxylation is 1. The summed E-state index contributed by atoms with van der Waals surface area (Å²) in [6.07, 6.45) is 1.62. The molecule has 1 unspecified atom stereocenters. The largest absolute Gasteiger partial charge is 0.416 e. The maximum Gasteiger partial charge on any atom is 0.416 e. The van der Waals surface area contributed by atoms with Crippen molar-refractivity contribution in [1.82, 2.24) is 19.4 Å². The number of para-hydroxylation sites is 1. The van der Waals surface area contributed by atoms with Crippen molar-refractivity contribution in [3.05, 3.63) is 77.4 Å². The van der Waals surface area contributed by atoms with E-state index in [9.17, 15) is 22.8 Å². The van der Waals surface area contributed by atoms with Gasteiger partial charge >= 0.3 is 12.2 Å². The van der Waals surface area contributed by atoms with Crippen LogP contribution in [0.5, 0.6) is 0 Å². The van der Waals surface area contributed by atoms with Crippen molar-refractivity contribution < 1.29 is 22.8 Å². The normalized spacial score (nSPS) is 21.4. The topological polar surface area (TPSA) is 73.7 Å². The molecule has 0 spiro atoms. The van der Waals surface area contributed by atoms with Crippen molar-refractivity contribution in [3.63, 3.8) is 0 Å². The lowest BCUT2D eigenvalue weighted by molar-refractivity contribution is -0.137. The van der Waals surface area contributed by atoms with E-state index in [0.29, 0.717) is 36.9 Å². The molecule has 2 aromatic carbocycles. The van der Waals surface area contributed by atoms with Crippen LogP contribution in [0.3, 0.4) is 0 Å². The Bertz CT molecular complexity index is 1520. The molecule has 3 amide bonds. The average molecular weight is 637 g/mol. The van der Waals surface area contributed by atoms with Crippen molar-refractivity contribution in [2.45, 2.75) is 90.1 Å². The van der Waals surface area contributed by atoms with Crippen molar-refractivity contribution in [2.24, 2.45) is 5.92 Å². The lowest BCUT2D eigenvalue weighted by atomic mass is 9.95. The third kappa shape index (κ3) is 6.65. The van der Waals surface area contributed by atoms with Crippen molar-refractivity contribution in [2.75, 3.05) is 29.9 Å². The summed E-state index contributed by atoms with van der Waals surface area (Å²) in [6.45, 7) is 8.67. The second-order valence-electron chi connectivity index (χ2n) is 13.2. The molecule has 3 aliphatic rings. The number of amides is 3. The minimum atomic E-state index is -4.43. The van der Waals surface area contributed by atoms with Crippen molar-refractivity contribution in [1.29, 1.82) is 0 Å². The lowest BCUT2D eigenvalue weighted by Crippen LogP contribution is -2.45. The zero-order valence-electron chi connectivity index (χ0n) is 26.8. The van der Waals surface area contributed by atoms with Crippen LogP contribution >= 0.6 is 0 Å². The number of fused-ring (bicyclic) bond motifs is 3. The minimum absolute atomic E-state index is 0.0159. The smallest absolute Gasteiger partial charge is 0.336 e. The van der Waals surface area contributed by atoms with Crippen LogP contribution in [0.1, 0.15) is 74.8 Å². The fraction of sp³-hybridized carbons (Fsp3) is 0.514. The van der Waals surface area contributed by atoms with Gasteiger partial charge < -0.3 is 14.8 Å². The number of halogens is 3. The third-order valence-electron chi connectivity index (χ3n) is 9.83. The summed E-state index contributed by atoms with van der Waals surface area (Å²) in [6, 6.07) is 14.8. The van der Waals surface area contributed by atoms with E-state index >= 15 is 0 Å². The fourth-order valence-electron chi connectivity index (χ4n) is 7.70. The Morgan fingerprint density at radius 1 is 1.00 bits per heavy atom. The molecule has 46 heavy (non-hydrogen) atoms. The number of imidazole rings is 1. The molecule has 2 bridgehead atoms. The Balaban J connectivity index is 1.08. The molecule has 2 fully saturated rings. The summed E-state index contributed by atoms with van der Waals surface area (Å²) >= 11 is 0. The standard InChI is InChI=1S/C35H43F3N6O2/c1-23(2)33(45)41-19-16-32-31(22-41)39-24(3)44(32)30-20-28-14-15-29(21-30)42(28)17-7-18-43(27-8-5-4-6-9-27)34(46)40-26-12-10-25(11-13-26)35(36,37)38/h4-6,8-13,23,28-30H,7,14-22H2,1-3H3,(H,40,46)/t28-,29+,30?. The number of hydrogen-bond donors (Lipinski definition) is 1. The number of nitrogens with one attached hydrogen (secondary N) is 1. The first-order chi connectivity index (χ1) is 22.0. The second-order valence-corrected chi connectivity index (χ2v) is 13.2. The number of hydrogen-bond acceptors (Lipinski definition) is 4. The van der Waals surface area contributed by atoms with Gasteiger partial charge in [0, 0.05) is 67.2 Å². The number of rotatable bonds is 8. The van der Waals surface area contributed by atoms with Gasteiger partial charge in [0.05, 0.1) is 17.8 Å². The Morgan fingerprint density at radius 3 is 2.30 bits per heavy atom. The molecule has 11 heteroatoms. The Hall–Kier alpha value is -3.86. The molecule has 4 heterocycles. The molecule has 1 N–H and O–H groups in total. The molecule has 3 atom stereocenters. The minimum Gasteiger partial charge on any atom is -0.336 e. The fourth-order valence-corrected chi connectivity index (χ4v) is 7.70. The van der Waals surface area contributed by atoms with Crippen LogP contribution in [0, 0.1) is 12.8 Å². The zero-order valence-corrected chi connectivity index (χ0v) is 26.8. The van der Waals surface area contributed by atoms with Crippen LogP contribution < -0.4 is 10.2 Å². The molecule has 0 saturated carbocycles. The second kappa shape index (κ2) is 13.1. The SMILES string of the molecule is Cc1nc2c(n1C1C[C@H]3CC[C@@H](C1)N3CCCN(C(=O)Nc1ccc(C(F)(F)F)cc1)c1ccccc1)CCN(C(=O)C(C)C)C2. The number of carbonyl (C=O) groups is 2. The molecule has 2 saturated heterocycles. The maximum atomic E-state index is 13.4. The highest BCUT2D eigenvalue weighted by Crippen LogP contribution is 2.42. The van der Waals surface area contributed by atoms with E-state index in [1.165, 1.54) is 17.8 Å². The monoisotopic (exact) mass is 636 g/mol. The van der Waals surface area contributed by atoms with Crippen LogP contribution in [0.15, 0.2) is 54.6 Å². The van der Waals surface area contributed by atoms with E-state index in [0.717, 1.165) is 81.0 Å². The summed E-state index contributed by atoms with van der Waals surface area (Å²) in [5.41, 5.74) is 2.64. The van der Waals surface area contributed by atoms with Crippen LogP contribution in [-0.4, -0.2) is 63.0 Å². The quantitative estimate of drug-likeness (QED) is 0.288. The van der Waals surface area contributed by atoms with E-state index < -0.39 is 11.7 Å². The van der Waals surface area contributed by atoms with Gasteiger partial charge in [-0.3, -0.25) is 14.6 Å². The molecule has 3 aliphatic heterocycles. The lowest BCUT2D eigenvalue weighted by Gasteiger charge is -2.41. The van der Waals surface area contributed by atoms with Gasteiger partial charge in [-0.2, -0.15) is 13.2 Å². The summed E-state index contributed by atoms with van der Waals surface area (Å²) in [5.74, 6) is 1.21. The molecule has 0 radical (unpaired) electrons. The maximum absolute atomic E-state index is 13.4. The van der Waals surface area contributed by atoms with Gasteiger partial charge in [-0.15, -0.1) is 0 Å². The van der Waals surface area contributed by atoms with Gasteiger partial charge in [0.25, 0.3) is 0 Å². The van der Waals surface area contributed by atoms with Gasteiger partial charge in [0.1, 0.15) is 5.82 Å². The first kappa shape index (κ1) is 32.1. The van der Waals surface area contributed by atoms with E-state index in [1.807, 2.05) is 49.1 Å².